The third kappa shape index (κ3) is 4.11. The van der Waals surface area contributed by atoms with Crippen LogP contribution < -0.4 is 20.5 Å². The van der Waals surface area contributed by atoms with Crippen LogP contribution in [-0.4, -0.2) is 33.4 Å². The highest BCUT2D eigenvalue weighted by Gasteiger charge is 2.22. The highest BCUT2D eigenvalue weighted by atomic mass is 16.5. The van der Waals surface area contributed by atoms with Crippen LogP contribution in [0.3, 0.4) is 0 Å². The Morgan fingerprint density at radius 2 is 2.05 bits per heavy atom. The second-order valence-corrected chi connectivity index (χ2v) is 5.07. The quantitative estimate of drug-likeness (QED) is 0.820. The van der Waals surface area contributed by atoms with E-state index in [1.54, 1.807) is 7.11 Å². The van der Waals surface area contributed by atoms with Gasteiger partial charge in [-0.1, -0.05) is 6.07 Å². The molecule has 1 aromatic rings. The minimum atomic E-state index is 0.438. The molecule has 4 nitrogen and oxygen atoms in total. The second kappa shape index (κ2) is 7.36. The number of nitrogens with two attached hydrogens (primary N) is 1. The lowest BCUT2D eigenvalue weighted by Gasteiger charge is -2.29. The maximum Gasteiger partial charge on any atom is 0.122 e. The summed E-state index contributed by atoms with van der Waals surface area (Å²) in [5, 5.41) is 3.38. The fourth-order valence-corrected chi connectivity index (χ4v) is 2.61. The average molecular weight is 264 g/mol. The molecule has 1 saturated heterocycles. The molecule has 1 heterocycles. The number of benzene rings is 1. The van der Waals surface area contributed by atoms with Gasteiger partial charge in [-0.05, 0) is 50.5 Å². The van der Waals surface area contributed by atoms with Crippen molar-refractivity contribution in [2.24, 2.45) is 17.6 Å². The number of rotatable bonds is 6. The van der Waals surface area contributed by atoms with Crippen LogP contribution in [0.2, 0.25) is 0 Å². The summed E-state index contributed by atoms with van der Waals surface area (Å²) >= 11 is 0. The van der Waals surface area contributed by atoms with Crippen molar-refractivity contribution in [1.82, 2.24) is 5.32 Å². The van der Waals surface area contributed by atoms with Crippen molar-refractivity contribution in [3.63, 3.8) is 0 Å². The minimum absolute atomic E-state index is 0.438. The van der Waals surface area contributed by atoms with Crippen LogP contribution in [0.15, 0.2) is 24.3 Å². The molecule has 1 aliphatic rings. The lowest BCUT2D eigenvalue weighted by Crippen LogP contribution is -2.37. The van der Waals surface area contributed by atoms with Gasteiger partial charge in [-0.2, -0.15) is 0 Å². The number of piperidine rings is 1. The molecule has 1 atom stereocenters. The molecule has 0 aromatic heterocycles. The number of hydrogen-bond donors (Lipinski definition) is 2. The monoisotopic (exact) mass is 264 g/mol. The van der Waals surface area contributed by atoms with Crippen LogP contribution in [0.25, 0.3) is 0 Å². The predicted molar refractivity (Wildman–Crippen MR) is 76.6 cm³/mol. The largest absolute Gasteiger partial charge is 0.497 e. The summed E-state index contributed by atoms with van der Waals surface area (Å²) in [6.45, 7) is 3.57. The lowest BCUT2D eigenvalue weighted by molar-refractivity contribution is 0.172. The van der Waals surface area contributed by atoms with E-state index >= 15 is 0 Å². The zero-order chi connectivity index (χ0) is 13.5. The first-order chi connectivity index (χ1) is 9.33. The summed E-state index contributed by atoms with van der Waals surface area (Å²) in [5.41, 5.74) is 5.90. The van der Waals surface area contributed by atoms with Gasteiger partial charge in [0.15, 0.2) is 0 Å². The van der Waals surface area contributed by atoms with Gasteiger partial charge in [-0.15, -0.1) is 0 Å². The Labute approximate surface area is 115 Å². The number of methoxy groups -OCH3 is 1. The topological polar surface area (TPSA) is 56.5 Å². The molecule has 0 spiro atoms. The van der Waals surface area contributed by atoms with Crippen LogP contribution in [0, 0.1) is 11.8 Å². The average Bonchev–Trinajstić information content (AvgIpc) is 2.49. The van der Waals surface area contributed by atoms with Crippen molar-refractivity contribution in [1.29, 1.82) is 0 Å². The Balaban J connectivity index is 1.87. The molecule has 3 N–H and O–H groups in total. The van der Waals surface area contributed by atoms with Gasteiger partial charge in [0.05, 0.1) is 13.7 Å². The molecular weight excluding hydrogens is 240 g/mol. The molecular formula is C15H24N2O2. The van der Waals surface area contributed by atoms with Gasteiger partial charge < -0.3 is 20.5 Å². The number of hydrogen-bond acceptors (Lipinski definition) is 4. The normalized spacial score (nSPS) is 18.0. The van der Waals surface area contributed by atoms with E-state index in [4.69, 9.17) is 15.2 Å². The molecule has 19 heavy (non-hydrogen) atoms. The smallest absolute Gasteiger partial charge is 0.122 e. The molecule has 4 heteroatoms. The summed E-state index contributed by atoms with van der Waals surface area (Å²) < 4.78 is 11.1. The van der Waals surface area contributed by atoms with E-state index in [0.29, 0.717) is 25.0 Å². The van der Waals surface area contributed by atoms with Crippen molar-refractivity contribution < 1.29 is 9.47 Å². The summed E-state index contributed by atoms with van der Waals surface area (Å²) in [6, 6.07) is 7.73. The van der Waals surface area contributed by atoms with Gasteiger partial charge in [0, 0.05) is 12.0 Å². The maximum atomic E-state index is 5.90. The zero-order valence-electron chi connectivity index (χ0n) is 11.6. The van der Waals surface area contributed by atoms with E-state index in [1.165, 1.54) is 12.8 Å². The Hall–Kier alpha value is -1.26. The van der Waals surface area contributed by atoms with Gasteiger partial charge in [0.25, 0.3) is 0 Å². The first kappa shape index (κ1) is 14.2. The summed E-state index contributed by atoms with van der Waals surface area (Å²) in [6.07, 6.45) is 2.40. The minimum Gasteiger partial charge on any atom is -0.497 e. The van der Waals surface area contributed by atoms with Gasteiger partial charge >= 0.3 is 0 Å². The van der Waals surface area contributed by atoms with E-state index in [-0.39, 0.29) is 0 Å². The van der Waals surface area contributed by atoms with Crippen molar-refractivity contribution in [2.75, 3.05) is 33.4 Å². The molecule has 106 valence electrons. The number of nitrogens with one attached hydrogen (secondary N) is 1. The summed E-state index contributed by atoms with van der Waals surface area (Å²) in [7, 11) is 1.66. The maximum absolute atomic E-state index is 5.90. The standard InChI is InChI=1S/C15H24N2O2/c1-18-14-3-2-4-15(9-14)19-11-13(10-16)12-5-7-17-8-6-12/h2-4,9,12-13,17H,5-8,10-11,16H2,1H3. The van der Waals surface area contributed by atoms with Crippen LogP contribution in [0.4, 0.5) is 0 Å². The summed E-state index contributed by atoms with van der Waals surface area (Å²) in [5.74, 6) is 2.79. The third-order valence-electron chi connectivity index (χ3n) is 3.86. The van der Waals surface area contributed by atoms with Gasteiger partial charge in [0.1, 0.15) is 11.5 Å². The first-order valence-corrected chi connectivity index (χ1v) is 7.01. The van der Waals surface area contributed by atoms with E-state index < -0.39 is 0 Å². The molecule has 0 aliphatic carbocycles. The molecule has 1 fully saturated rings. The van der Waals surface area contributed by atoms with Gasteiger partial charge in [-0.25, -0.2) is 0 Å². The molecule has 1 unspecified atom stereocenters. The van der Waals surface area contributed by atoms with Gasteiger partial charge in [0.2, 0.25) is 0 Å². The van der Waals surface area contributed by atoms with Crippen molar-refractivity contribution in [3.05, 3.63) is 24.3 Å². The van der Waals surface area contributed by atoms with E-state index in [9.17, 15) is 0 Å². The van der Waals surface area contributed by atoms with Crippen LogP contribution in [0.5, 0.6) is 11.5 Å². The highest BCUT2D eigenvalue weighted by molar-refractivity contribution is 5.32. The SMILES string of the molecule is COc1cccc(OCC(CN)C2CCNCC2)c1. The molecule has 0 bridgehead atoms. The molecule has 2 rings (SSSR count). The lowest BCUT2D eigenvalue weighted by atomic mass is 9.85. The van der Waals surface area contributed by atoms with Crippen LogP contribution >= 0.6 is 0 Å². The van der Waals surface area contributed by atoms with Crippen molar-refractivity contribution in [3.8, 4) is 11.5 Å². The molecule has 0 radical (unpaired) electrons. The molecule has 1 aromatic carbocycles. The van der Waals surface area contributed by atoms with Gasteiger partial charge in [-0.3, -0.25) is 0 Å². The fraction of sp³-hybridized carbons (Fsp3) is 0.600. The molecule has 0 saturated carbocycles. The van der Waals surface area contributed by atoms with Crippen LogP contribution in [-0.2, 0) is 0 Å². The van der Waals surface area contributed by atoms with E-state index in [0.717, 1.165) is 24.6 Å². The summed E-state index contributed by atoms with van der Waals surface area (Å²) in [4.78, 5) is 0. The zero-order valence-corrected chi connectivity index (χ0v) is 11.6. The Morgan fingerprint density at radius 1 is 1.32 bits per heavy atom. The van der Waals surface area contributed by atoms with Crippen LogP contribution in [0.1, 0.15) is 12.8 Å². The number of ether oxygens (including phenoxy) is 2. The fourth-order valence-electron chi connectivity index (χ4n) is 2.61. The van der Waals surface area contributed by atoms with Crippen molar-refractivity contribution in [2.45, 2.75) is 12.8 Å². The first-order valence-electron chi connectivity index (χ1n) is 7.01. The predicted octanol–water partition coefficient (Wildman–Crippen LogP) is 1.65. The van der Waals surface area contributed by atoms with Crippen molar-refractivity contribution >= 4 is 0 Å². The van der Waals surface area contributed by atoms with E-state index in [1.807, 2.05) is 24.3 Å². The Kier molecular flexibility index (Phi) is 5.48. The third-order valence-corrected chi connectivity index (χ3v) is 3.86. The van der Waals surface area contributed by atoms with E-state index in [2.05, 4.69) is 5.32 Å². The molecule has 0 amide bonds. The highest BCUT2D eigenvalue weighted by Crippen LogP contribution is 2.24. The Bertz CT molecular complexity index is 378. The second-order valence-electron chi connectivity index (χ2n) is 5.07. The molecule has 1 aliphatic heterocycles. The Morgan fingerprint density at radius 3 is 2.74 bits per heavy atom.